The highest BCUT2D eigenvalue weighted by molar-refractivity contribution is 7.71. The van der Waals surface area contributed by atoms with Crippen molar-refractivity contribution in [1.82, 2.24) is 14.9 Å². The molecule has 2 aromatic carbocycles. The number of rotatable bonds is 6. The van der Waals surface area contributed by atoms with E-state index in [1.165, 1.54) is 5.56 Å². The highest BCUT2D eigenvalue weighted by Crippen LogP contribution is 2.13. The number of nitrogens with one attached hydrogen (secondary N) is 1. The molecule has 0 aliphatic rings. The minimum Gasteiger partial charge on any atom is -0.507 e. The van der Waals surface area contributed by atoms with E-state index >= 15 is 0 Å². The van der Waals surface area contributed by atoms with Crippen molar-refractivity contribution in [2.75, 3.05) is 0 Å². The average molecular weight is 338 g/mol. The largest absolute Gasteiger partial charge is 0.507 e. The van der Waals surface area contributed by atoms with Gasteiger partial charge in [0.05, 0.1) is 6.21 Å². The van der Waals surface area contributed by atoms with Gasteiger partial charge in [-0.15, -0.1) is 0 Å². The lowest BCUT2D eigenvalue weighted by atomic mass is 10.1. The van der Waals surface area contributed by atoms with E-state index in [0.29, 0.717) is 10.3 Å². The second-order valence-corrected chi connectivity index (χ2v) is 5.79. The number of aryl methyl sites for hydroxylation is 2. The number of phenolic OH excluding ortho intramolecular Hbond substituents is 1. The van der Waals surface area contributed by atoms with Gasteiger partial charge in [-0.3, -0.25) is 5.10 Å². The fraction of sp³-hybridized carbons (Fsp3) is 0.167. The molecule has 0 unspecified atom stereocenters. The SMILES string of the molecule is Oc1ccccc1/C=N/n1c(CCCc2ccccc2)n[nH]c1=S. The zero-order valence-electron chi connectivity index (χ0n) is 13.1. The summed E-state index contributed by atoms with van der Waals surface area (Å²) in [7, 11) is 0. The van der Waals surface area contributed by atoms with Gasteiger partial charge in [0, 0.05) is 12.0 Å². The van der Waals surface area contributed by atoms with Gasteiger partial charge in [-0.05, 0) is 42.8 Å². The standard InChI is InChI=1S/C18H18N4OS/c23-16-11-5-4-10-15(16)13-19-22-17(20-21-18(22)24)12-6-9-14-7-2-1-3-8-14/h1-5,7-8,10-11,13,23H,6,9,12H2,(H,21,24)/b19-13+. The van der Waals surface area contributed by atoms with Crippen molar-refractivity contribution >= 4 is 18.4 Å². The molecule has 0 aliphatic heterocycles. The van der Waals surface area contributed by atoms with Crippen molar-refractivity contribution in [2.24, 2.45) is 5.10 Å². The van der Waals surface area contributed by atoms with E-state index in [9.17, 15) is 5.11 Å². The van der Waals surface area contributed by atoms with Gasteiger partial charge in [0.2, 0.25) is 4.77 Å². The normalized spacial score (nSPS) is 11.2. The summed E-state index contributed by atoms with van der Waals surface area (Å²) in [5.41, 5.74) is 1.94. The lowest BCUT2D eigenvalue weighted by Gasteiger charge is -2.02. The van der Waals surface area contributed by atoms with E-state index in [-0.39, 0.29) is 5.75 Å². The van der Waals surface area contributed by atoms with Crippen molar-refractivity contribution < 1.29 is 5.11 Å². The van der Waals surface area contributed by atoms with Gasteiger partial charge < -0.3 is 5.11 Å². The predicted octanol–water partition coefficient (Wildman–Crippen LogP) is 3.70. The van der Waals surface area contributed by atoms with Crippen molar-refractivity contribution in [3.8, 4) is 5.75 Å². The molecule has 0 amide bonds. The third-order valence-electron chi connectivity index (χ3n) is 3.68. The molecule has 1 aromatic heterocycles. The molecule has 3 rings (SSSR count). The van der Waals surface area contributed by atoms with E-state index in [0.717, 1.165) is 25.1 Å². The summed E-state index contributed by atoms with van der Waals surface area (Å²) in [6.07, 6.45) is 4.28. The number of hydrogen-bond acceptors (Lipinski definition) is 4. The van der Waals surface area contributed by atoms with Crippen LogP contribution < -0.4 is 0 Å². The van der Waals surface area contributed by atoms with Crippen LogP contribution in [-0.4, -0.2) is 26.2 Å². The Balaban J connectivity index is 1.70. The van der Waals surface area contributed by atoms with Crippen molar-refractivity contribution in [3.05, 3.63) is 76.3 Å². The maximum Gasteiger partial charge on any atom is 0.216 e. The molecule has 0 bridgehead atoms. The molecular formula is C18H18N4OS. The number of aromatic hydroxyl groups is 1. The molecule has 0 radical (unpaired) electrons. The van der Waals surface area contributed by atoms with Crippen molar-refractivity contribution in [1.29, 1.82) is 0 Å². The van der Waals surface area contributed by atoms with Crippen LogP contribution >= 0.6 is 12.2 Å². The van der Waals surface area contributed by atoms with Gasteiger partial charge >= 0.3 is 0 Å². The third-order valence-corrected chi connectivity index (χ3v) is 3.94. The Hall–Kier alpha value is -2.73. The fourth-order valence-electron chi connectivity index (χ4n) is 2.42. The summed E-state index contributed by atoms with van der Waals surface area (Å²) < 4.78 is 2.05. The average Bonchev–Trinajstić information content (AvgIpc) is 2.95. The molecular weight excluding hydrogens is 320 g/mol. The number of benzene rings is 2. The summed E-state index contributed by atoms with van der Waals surface area (Å²) in [6.45, 7) is 0. The summed E-state index contributed by atoms with van der Waals surface area (Å²) in [6, 6.07) is 17.4. The Morgan fingerprint density at radius 3 is 2.62 bits per heavy atom. The van der Waals surface area contributed by atoms with Crippen molar-refractivity contribution in [2.45, 2.75) is 19.3 Å². The van der Waals surface area contributed by atoms with Crippen LogP contribution in [0.4, 0.5) is 0 Å². The molecule has 122 valence electrons. The highest BCUT2D eigenvalue weighted by atomic mass is 32.1. The molecule has 2 N–H and O–H groups in total. The van der Waals surface area contributed by atoms with Crippen LogP contribution in [0.2, 0.25) is 0 Å². The number of aromatic nitrogens is 3. The lowest BCUT2D eigenvalue weighted by Crippen LogP contribution is -2.00. The zero-order chi connectivity index (χ0) is 16.8. The third kappa shape index (κ3) is 3.97. The molecule has 0 spiro atoms. The summed E-state index contributed by atoms with van der Waals surface area (Å²) in [5, 5.41) is 21.2. The van der Waals surface area contributed by atoms with Crippen LogP contribution in [0.3, 0.4) is 0 Å². The first kappa shape index (κ1) is 16.1. The minimum atomic E-state index is 0.182. The van der Waals surface area contributed by atoms with Crippen LogP contribution in [0.5, 0.6) is 5.75 Å². The molecule has 0 saturated heterocycles. The second kappa shape index (κ2) is 7.70. The molecule has 0 fully saturated rings. The Labute approximate surface area is 145 Å². The van der Waals surface area contributed by atoms with Gasteiger partial charge in [0.15, 0.2) is 5.82 Å². The molecule has 3 aromatic rings. The first-order valence-electron chi connectivity index (χ1n) is 7.76. The van der Waals surface area contributed by atoms with Gasteiger partial charge in [-0.25, -0.2) is 0 Å². The maximum atomic E-state index is 9.80. The van der Waals surface area contributed by atoms with Gasteiger partial charge in [0.25, 0.3) is 0 Å². The maximum absolute atomic E-state index is 9.80. The number of para-hydroxylation sites is 1. The fourth-order valence-corrected chi connectivity index (χ4v) is 2.62. The molecule has 0 aliphatic carbocycles. The highest BCUT2D eigenvalue weighted by Gasteiger charge is 2.05. The van der Waals surface area contributed by atoms with E-state index in [2.05, 4.69) is 27.4 Å². The predicted molar refractivity (Wildman–Crippen MR) is 97.0 cm³/mol. The molecule has 0 saturated carbocycles. The molecule has 0 atom stereocenters. The molecule has 6 heteroatoms. The van der Waals surface area contributed by atoms with Crippen LogP contribution in [-0.2, 0) is 12.8 Å². The Bertz CT molecular complexity index is 883. The summed E-state index contributed by atoms with van der Waals surface area (Å²) in [4.78, 5) is 0. The molecule has 1 heterocycles. The van der Waals surface area contributed by atoms with Crippen LogP contribution in [0.25, 0.3) is 0 Å². The van der Waals surface area contributed by atoms with Gasteiger partial charge in [0.1, 0.15) is 5.75 Å². The number of phenols is 1. The van der Waals surface area contributed by atoms with Crippen LogP contribution in [0.15, 0.2) is 59.7 Å². The van der Waals surface area contributed by atoms with E-state index in [1.54, 1.807) is 29.1 Å². The number of nitrogens with zero attached hydrogens (tertiary/aromatic N) is 3. The monoisotopic (exact) mass is 338 g/mol. The Kier molecular flexibility index (Phi) is 5.18. The van der Waals surface area contributed by atoms with Crippen LogP contribution in [0.1, 0.15) is 23.4 Å². The number of aromatic amines is 1. The Morgan fingerprint density at radius 1 is 1.08 bits per heavy atom. The topological polar surface area (TPSA) is 66.2 Å². The molecule has 24 heavy (non-hydrogen) atoms. The second-order valence-electron chi connectivity index (χ2n) is 5.40. The zero-order valence-corrected chi connectivity index (χ0v) is 13.9. The van der Waals surface area contributed by atoms with Crippen LogP contribution in [0, 0.1) is 4.77 Å². The van der Waals surface area contributed by atoms with E-state index in [4.69, 9.17) is 12.2 Å². The smallest absolute Gasteiger partial charge is 0.216 e. The molecule has 5 nitrogen and oxygen atoms in total. The first-order valence-corrected chi connectivity index (χ1v) is 8.17. The minimum absolute atomic E-state index is 0.182. The van der Waals surface area contributed by atoms with E-state index < -0.39 is 0 Å². The van der Waals surface area contributed by atoms with E-state index in [1.807, 2.05) is 24.3 Å². The summed E-state index contributed by atoms with van der Waals surface area (Å²) >= 11 is 5.23. The number of hydrogen-bond donors (Lipinski definition) is 2. The van der Waals surface area contributed by atoms with Gasteiger partial charge in [-0.1, -0.05) is 42.5 Å². The lowest BCUT2D eigenvalue weighted by molar-refractivity contribution is 0.474. The van der Waals surface area contributed by atoms with Crippen molar-refractivity contribution in [3.63, 3.8) is 0 Å². The van der Waals surface area contributed by atoms with Gasteiger partial charge in [-0.2, -0.15) is 14.9 Å². The number of H-pyrrole nitrogens is 1. The quantitative estimate of drug-likeness (QED) is 0.532. The first-order chi connectivity index (χ1) is 11.7. The Morgan fingerprint density at radius 2 is 1.83 bits per heavy atom. The summed E-state index contributed by atoms with van der Waals surface area (Å²) in [5.74, 6) is 0.962.